The smallest absolute Gasteiger partial charge is 0.242 e. The third-order valence-corrected chi connectivity index (χ3v) is 5.23. The van der Waals surface area contributed by atoms with E-state index in [1.165, 1.54) is 5.56 Å². The van der Waals surface area contributed by atoms with Crippen molar-refractivity contribution in [3.63, 3.8) is 0 Å². The van der Waals surface area contributed by atoms with Crippen molar-refractivity contribution >= 4 is 36.6 Å². The number of nitrogens with one attached hydrogen (secondary N) is 1. The van der Waals surface area contributed by atoms with Crippen LogP contribution in [0.5, 0.6) is 5.75 Å². The van der Waals surface area contributed by atoms with Gasteiger partial charge in [0.1, 0.15) is 5.75 Å². The van der Waals surface area contributed by atoms with E-state index in [-0.39, 0.29) is 55.1 Å². The summed E-state index contributed by atoms with van der Waals surface area (Å²) in [4.78, 5) is 28.4. The molecule has 1 aromatic carbocycles. The molecule has 0 aromatic heterocycles. The SMILES string of the molecule is COc1cccc(C(C)N2CCN(C(=O)CNC(=O)[C@@H](N)C(C)C)CC2)c1.Cl.Cl. The molecule has 1 fully saturated rings. The molecular weight excluding hydrogens is 415 g/mol. The Morgan fingerprint density at radius 2 is 1.76 bits per heavy atom. The minimum absolute atomic E-state index is 0. The van der Waals surface area contributed by atoms with Gasteiger partial charge in [-0.1, -0.05) is 26.0 Å². The number of nitrogens with two attached hydrogens (primary N) is 1. The Morgan fingerprint density at radius 1 is 1.14 bits per heavy atom. The first kappa shape index (κ1) is 27.5. The topological polar surface area (TPSA) is 87.9 Å². The Balaban J connectivity index is 0.00000392. The summed E-state index contributed by atoms with van der Waals surface area (Å²) in [6.07, 6.45) is 0. The van der Waals surface area contributed by atoms with Gasteiger partial charge in [0.25, 0.3) is 0 Å². The standard InChI is InChI=1S/C20H32N4O3.2ClH/c1-14(2)19(21)20(26)22-13-18(25)24-10-8-23(9-11-24)15(3)16-6-5-7-17(12-16)27-4;;/h5-7,12,14-15,19H,8-11,13,21H2,1-4H3,(H,22,26);2*1H/t15?,19-;;/m0../s1. The number of hydrogen-bond donors (Lipinski definition) is 2. The summed E-state index contributed by atoms with van der Waals surface area (Å²) < 4.78 is 5.30. The second-order valence-corrected chi connectivity index (χ2v) is 7.36. The van der Waals surface area contributed by atoms with Crippen molar-refractivity contribution in [2.75, 3.05) is 39.8 Å². The van der Waals surface area contributed by atoms with Crippen LogP contribution in [0.4, 0.5) is 0 Å². The molecular formula is C20H34Cl2N4O3. The molecule has 2 atom stereocenters. The average molecular weight is 449 g/mol. The van der Waals surface area contributed by atoms with Crippen molar-refractivity contribution in [1.82, 2.24) is 15.1 Å². The quantitative estimate of drug-likeness (QED) is 0.664. The molecule has 1 aliphatic heterocycles. The third-order valence-electron chi connectivity index (χ3n) is 5.23. The number of carbonyl (C=O) groups is 2. The highest BCUT2D eigenvalue weighted by Gasteiger charge is 2.25. The van der Waals surface area contributed by atoms with Gasteiger partial charge in [-0.2, -0.15) is 0 Å². The van der Waals surface area contributed by atoms with Crippen molar-refractivity contribution in [1.29, 1.82) is 0 Å². The number of piperazine rings is 1. The van der Waals surface area contributed by atoms with Gasteiger partial charge in [-0.15, -0.1) is 24.8 Å². The van der Waals surface area contributed by atoms with Crippen molar-refractivity contribution in [3.05, 3.63) is 29.8 Å². The van der Waals surface area contributed by atoms with Gasteiger partial charge in [0, 0.05) is 32.2 Å². The van der Waals surface area contributed by atoms with E-state index in [2.05, 4.69) is 29.3 Å². The summed E-state index contributed by atoms with van der Waals surface area (Å²) in [5.41, 5.74) is 7.00. The summed E-state index contributed by atoms with van der Waals surface area (Å²) in [5, 5.41) is 2.65. The molecule has 1 saturated heterocycles. The molecule has 166 valence electrons. The molecule has 1 heterocycles. The number of carbonyl (C=O) groups excluding carboxylic acids is 2. The van der Waals surface area contributed by atoms with E-state index in [4.69, 9.17) is 10.5 Å². The number of ether oxygens (including phenoxy) is 1. The van der Waals surface area contributed by atoms with Crippen LogP contribution in [0.2, 0.25) is 0 Å². The number of methoxy groups -OCH3 is 1. The number of hydrogen-bond acceptors (Lipinski definition) is 5. The van der Waals surface area contributed by atoms with Crippen LogP contribution in [0.1, 0.15) is 32.4 Å². The van der Waals surface area contributed by atoms with Crippen LogP contribution in [0, 0.1) is 5.92 Å². The second kappa shape index (κ2) is 12.9. The predicted molar refractivity (Wildman–Crippen MR) is 120 cm³/mol. The first-order valence-electron chi connectivity index (χ1n) is 9.52. The lowest BCUT2D eigenvalue weighted by atomic mass is 10.1. The fourth-order valence-electron chi connectivity index (χ4n) is 3.17. The molecule has 0 radical (unpaired) electrons. The summed E-state index contributed by atoms with van der Waals surface area (Å²) >= 11 is 0. The normalized spacial score (nSPS) is 16.3. The zero-order valence-electron chi connectivity index (χ0n) is 17.6. The minimum atomic E-state index is -0.585. The average Bonchev–Trinajstić information content (AvgIpc) is 2.70. The molecule has 29 heavy (non-hydrogen) atoms. The van der Waals surface area contributed by atoms with Crippen LogP contribution >= 0.6 is 24.8 Å². The number of rotatable bonds is 7. The first-order valence-corrected chi connectivity index (χ1v) is 9.52. The summed E-state index contributed by atoms with van der Waals surface area (Å²) in [6.45, 7) is 8.83. The largest absolute Gasteiger partial charge is 0.497 e. The van der Waals surface area contributed by atoms with Gasteiger partial charge in [0.15, 0.2) is 0 Å². The monoisotopic (exact) mass is 448 g/mol. The van der Waals surface area contributed by atoms with Crippen LogP contribution in [0.25, 0.3) is 0 Å². The Morgan fingerprint density at radius 3 is 2.31 bits per heavy atom. The highest BCUT2D eigenvalue weighted by molar-refractivity contribution is 5.87. The van der Waals surface area contributed by atoms with Crippen LogP contribution < -0.4 is 15.8 Å². The molecule has 0 saturated carbocycles. The molecule has 9 heteroatoms. The van der Waals surface area contributed by atoms with Crippen molar-refractivity contribution in [2.45, 2.75) is 32.9 Å². The lowest BCUT2D eigenvalue weighted by Crippen LogP contribution is -2.53. The maximum absolute atomic E-state index is 12.4. The zero-order valence-corrected chi connectivity index (χ0v) is 19.2. The lowest BCUT2D eigenvalue weighted by molar-refractivity contribution is -0.135. The van der Waals surface area contributed by atoms with Gasteiger partial charge in [0.05, 0.1) is 19.7 Å². The van der Waals surface area contributed by atoms with E-state index in [0.29, 0.717) is 13.1 Å². The fourth-order valence-corrected chi connectivity index (χ4v) is 3.17. The molecule has 3 N–H and O–H groups in total. The van der Waals surface area contributed by atoms with E-state index < -0.39 is 6.04 Å². The minimum Gasteiger partial charge on any atom is -0.497 e. The van der Waals surface area contributed by atoms with E-state index in [1.807, 2.05) is 26.0 Å². The molecule has 0 bridgehead atoms. The maximum Gasteiger partial charge on any atom is 0.242 e. The van der Waals surface area contributed by atoms with Crippen LogP contribution in [0.3, 0.4) is 0 Å². The zero-order chi connectivity index (χ0) is 20.0. The van der Waals surface area contributed by atoms with Gasteiger partial charge in [0.2, 0.25) is 11.8 Å². The van der Waals surface area contributed by atoms with Crippen molar-refractivity contribution < 1.29 is 14.3 Å². The summed E-state index contributed by atoms with van der Waals surface area (Å²) in [7, 11) is 1.67. The van der Waals surface area contributed by atoms with Crippen LogP contribution in [-0.4, -0.2) is 67.5 Å². The molecule has 2 rings (SSSR count). The van der Waals surface area contributed by atoms with E-state index >= 15 is 0 Å². The highest BCUT2D eigenvalue weighted by Crippen LogP contribution is 2.24. The van der Waals surface area contributed by atoms with E-state index in [1.54, 1.807) is 12.0 Å². The predicted octanol–water partition coefficient (Wildman–Crippen LogP) is 1.84. The van der Waals surface area contributed by atoms with Crippen LogP contribution in [-0.2, 0) is 9.59 Å². The van der Waals surface area contributed by atoms with E-state index in [0.717, 1.165) is 18.8 Å². The number of nitrogens with zero attached hydrogens (tertiary/aromatic N) is 2. The molecule has 1 aromatic rings. The maximum atomic E-state index is 12.4. The second-order valence-electron chi connectivity index (χ2n) is 7.36. The first-order chi connectivity index (χ1) is 12.8. The number of amides is 2. The summed E-state index contributed by atoms with van der Waals surface area (Å²) in [5.74, 6) is 0.557. The fraction of sp³-hybridized carbons (Fsp3) is 0.600. The number of benzene rings is 1. The highest BCUT2D eigenvalue weighted by atomic mass is 35.5. The van der Waals surface area contributed by atoms with Crippen LogP contribution in [0.15, 0.2) is 24.3 Å². The molecule has 7 nitrogen and oxygen atoms in total. The third kappa shape index (κ3) is 7.66. The molecule has 2 amide bonds. The Hall–Kier alpha value is -1.54. The van der Waals surface area contributed by atoms with Gasteiger partial charge in [-0.05, 0) is 30.5 Å². The molecule has 0 aliphatic carbocycles. The molecule has 0 spiro atoms. The van der Waals surface area contributed by atoms with Gasteiger partial charge >= 0.3 is 0 Å². The Bertz CT molecular complexity index is 652. The number of halogens is 2. The van der Waals surface area contributed by atoms with Gasteiger partial charge in [-0.3, -0.25) is 14.5 Å². The Kier molecular flexibility index (Phi) is 12.2. The van der Waals surface area contributed by atoms with Gasteiger partial charge < -0.3 is 20.7 Å². The summed E-state index contributed by atoms with van der Waals surface area (Å²) in [6, 6.07) is 7.74. The lowest BCUT2D eigenvalue weighted by Gasteiger charge is -2.38. The molecule has 1 unspecified atom stereocenters. The molecule has 1 aliphatic rings. The van der Waals surface area contributed by atoms with E-state index in [9.17, 15) is 9.59 Å². The van der Waals surface area contributed by atoms with Crippen molar-refractivity contribution in [3.8, 4) is 5.75 Å². The van der Waals surface area contributed by atoms with Crippen molar-refractivity contribution in [2.24, 2.45) is 11.7 Å². The Labute approximate surface area is 186 Å². The van der Waals surface area contributed by atoms with Gasteiger partial charge in [-0.25, -0.2) is 0 Å².